The van der Waals surface area contributed by atoms with Gasteiger partial charge in [-0.3, -0.25) is 0 Å². The Balaban J connectivity index is 2.35. The average molecular weight is 221 g/mol. The lowest BCUT2D eigenvalue weighted by atomic mass is 10.0. The zero-order valence-electron chi connectivity index (χ0n) is 9.59. The average Bonchev–Trinajstić information content (AvgIpc) is 2.78. The largest absolute Gasteiger partial charge is 0.496 e. The molecule has 0 aliphatic carbocycles. The predicted octanol–water partition coefficient (Wildman–Crippen LogP) is 2.70. The van der Waals surface area contributed by atoms with Crippen LogP contribution in [0.1, 0.15) is 23.6 Å². The third-order valence-corrected chi connectivity index (χ3v) is 2.77. The number of benzene rings is 1. The minimum absolute atomic E-state index is 0.178. The summed E-state index contributed by atoms with van der Waals surface area (Å²) in [6.45, 7) is 2.65. The van der Waals surface area contributed by atoms with E-state index in [4.69, 9.17) is 4.74 Å². The SMILES string of the molecule is CNC(C1=CCCO1)c1cc(C)ccc1F. The van der Waals surface area contributed by atoms with Gasteiger partial charge in [0.15, 0.2) is 0 Å². The maximum Gasteiger partial charge on any atom is 0.128 e. The first-order chi connectivity index (χ1) is 7.72. The molecule has 1 N–H and O–H groups in total. The third kappa shape index (κ3) is 2.09. The highest BCUT2D eigenvalue weighted by Gasteiger charge is 2.21. The zero-order chi connectivity index (χ0) is 11.5. The van der Waals surface area contributed by atoms with E-state index in [0.29, 0.717) is 12.2 Å². The normalized spacial score (nSPS) is 16.8. The summed E-state index contributed by atoms with van der Waals surface area (Å²) in [4.78, 5) is 0. The molecular formula is C13H16FNO. The number of halogens is 1. The minimum atomic E-state index is -0.193. The summed E-state index contributed by atoms with van der Waals surface area (Å²) in [6, 6.07) is 4.96. The van der Waals surface area contributed by atoms with E-state index in [1.165, 1.54) is 6.07 Å². The number of rotatable bonds is 3. The van der Waals surface area contributed by atoms with Gasteiger partial charge in [-0.05, 0) is 26.1 Å². The van der Waals surface area contributed by atoms with Crippen molar-refractivity contribution >= 4 is 0 Å². The summed E-state index contributed by atoms with van der Waals surface area (Å²) in [5.41, 5.74) is 1.70. The van der Waals surface area contributed by atoms with Gasteiger partial charge >= 0.3 is 0 Å². The quantitative estimate of drug-likeness (QED) is 0.847. The fourth-order valence-corrected chi connectivity index (χ4v) is 1.97. The maximum absolute atomic E-state index is 13.7. The number of aryl methyl sites for hydroxylation is 1. The van der Waals surface area contributed by atoms with E-state index in [0.717, 1.165) is 17.7 Å². The summed E-state index contributed by atoms with van der Waals surface area (Å²) in [7, 11) is 1.81. The van der Waals surface area contributed by atoms with Crippen LogP contribution in [0.3, 0.4) is 0 Å². The lowest BCUT2D eigenvalue weighted by Crippen LogP contribution is -2.20. The Hall–Kier alpha value is -1.35. The van der Waals surface area contributed by atoms with Crippen LogP contribution in [-0.2, 0) is 4.74 Å². The molecule has 0 amide bonds. The Morgan fingerprint density at radius 1 is 1.44 bits per heavy atom. The van der Waals surface area contributed by atoms with Crippen LogP contribution in [-0.4, -0.2) is 13.7 Å². The van der Waals surface area contributed by atoms with Crippen molar-refractivity contribution in [1.82, 2.24) is 5.32 Å². The van der Waals surface area contributed by atoms with Crippen LogP contribution in [0.25, 0.3) is 0 Å². The molecule has 1 heterocycles. The number of hydrogen-bond acceptors (Lipinski definition) is 2. The first kappa shape index (κ1) is 11.1. The lowest BCUT2D eigenvalue weighted by Gasteiger charge is -2.19. The van der Waals surface area contributed by atoms with Crippen molar-refractivity contribution in [2.45, 2.75) is 19.4 Å². The highest BCUT2D eigenvalue weighted by molar-refractivity contribution is 5.31. The van der Waals surface area contributed by atoms with Crippen molar-refractivity contribution < 1.29 is 9.13 Å². The highest BCUT2D eigenvalue weighted by atomic mass is 19.1. The molecule has 2 rings (SSSR count). The molecule has 0 fully saturated rings. The molecule has 1 aliphatic heterocycles. The van der Waals surface area contributed by atoms with Crippen molar-refractivity contribution in [3.05, 3.63) is 47.0 Å². The van der Waals surface area contributed by atoms with Gasteiger partial charge in [-0.25, -0.2) is 4.39 Å². The molecule has 86 valence electrons. The van der Waals surface area contributed by atoms with Gasteiger partial charge in [0.1, 0.15) is 11.6 Å². The molecule has 2 nitrogen and oxygen atoms in total. The van der Waals surface area contributed by atoms with E-state index in [1.807, 2.05) is 26.1 Å². The van der Waals surface area contributed by atoms with Crippen molar-refractivity contribution in [2.75, 3.05) is 13.7 Å². The first-order valence-corrected chi connectivity index (χ1v) is 5.48. The van der Waals surface area contributed by atoms with Gasteiger partial charge in [0, 0.05) is 12.0 Å². The second-order valence-corrected chi connectivity index (χ2v) is 3.99. The number of likely N-dealkylation sites (N-methyl/N-ethyl adjacent to an activating group) is 1. The highest BCUT2D eigenvalue weighted by Crippen LogP contribution is 2.28. The number of nitrogens with one attached hydrogen (secondary N) is 1. The Morgan fingerprint density at radius 3 is 2.88 bits per heavy atom. The summed E-state index contributed by atoms with van der Waals surface area (Å²) >= 11 is 0. The molecule has 1 aromatic rings. The molecule has 0 radical (unpaired) electrons. The molecule has 16 heavy (non-hydrogen) atoms. The molecule has 1 aromatic carbocycles. The van der Waals surface area contributed by atoms with E-state index >= 15 is 0 Å². The zero-order valence-corrected chi connectivity index (χ0v) is 9.59. The van der Waals surface area contributed by atoms with Gasteiger partial charge in [-0.15, -0.1) is 0 Å². The van der Waals surface area contributed by atoms with Crippen LogP contribution < -0.4 is 5.32 Å². The van der Waals surface area contributed by atoms with Crippen LogP contribution in [0.4, 0.5) is 4.39 Å². The van der Waals surface area contributed by atoms with Gasteiger partial charge in [0.25, 0.3) is 0 Å². The summed E-state index contributed by atoms with van der Waals surface area (Å²) in [5.74, 6) is 0.633. The maximum atomic E-state index is 13.7. The molecule has 0 aromatic heterocycles. The Bertz CT molecular complexity index is 414. The second-order valence-electron chi connectivity index (χ2n) is 3.99. The Kier molecular flexibility index (Phi) is 3.25. The van der Waals surface area contributed by atoms with Crippen LogP contribution in [0.5, 0.6) is 0 Å². The predicted molar refractivity (Wildman–Crippen MR) is 61.6 cm³/mol. The molecule has 1 unspecified atom stereocenters. The molecule has 1 aliphatic rings. The van der Waals surface area contributed by atoms with E-state index in [1.54, 1.807) is 6.07 Å². The van der Waals surface area contributed by atoms with Gasteiger partial charge in [0.05, 0.1) is 12.6 Å². The molecule has 0 saturated carbocycles. The summed E-state index contributed by atoms with van der Waals surface area (Å²) < 4.78 is 19.2. The molecule has 1 atom stereocenters. The fraction of sp³-hybridized carbons (Fsp3) is 0.385. The van der Waals surface area contributed by atoms with Crippen molar-refractivity contribution in [1.29, 1.82) is 0 Å². The minimum Gasteiger partial charge on any atom is -0.496 e. The van der Waals surface area contributed by atoms with E-state index < -0.39 is 0 Å². The Labute approximate surface area is 95.1 Å². The lowest BCUT2D eigenvalue weighted by molar-refractivity contribution is 0.217. The van der Waals surface area contributed by atoms with E-state index in [2.05, 4.69) is 5.32 Å². The van der Waals surface area contributed by atoms with E-state index in [-0.39, 0.29) is 11.9 Å². The van der Waals surface area contributed by atoms with Crippen molar-refractivity contribution in [3.8, 4) is 0 Å². The van der Waals surface area contributed by atoms with Gasteiger partial charge in [0.2, 0.25) is 0 Å². The van der Waals surface area contributed by atoms with Crippen molar-refractivity contribution in [2.24, 2.45) is 0 Å². The standard InChI is InChI=1S/C13H16FNO/c1-9-5-6-11(14)10(8-9)13(15-2)12-4-3-7-16-12/h4-6,8,13,15H,3,7H2,1-2H3. The third-order valence-electron chi connectivity index (χ3n) is 2.77. The smallest absolute Gasteiger partial charge is 0.128 e. The first-order valence-electron chi connectivity index (χ1n) is 5.48. The number of ether oxygens (including phenoxy) is 1. The van der Waals surface area contributed by atoms with Gasteiger partial charge in [-0.1, -0.05) is 17.7 Å². The van der Waals surface area contributed by atoms with Gasteiger partial charge in [-0.2, -0.15) is 0 Å². The van der Waals surface area contributed by atoms with Crippen LogP contribution in [0, 0.1) is 12.7 Å². The van der Waals surface area contributed by atoms with Gasteiger partial charge < -0.3 is 10.1 Å². The summed E-state index contributed by atoms with van der Waals surface area (Å²) in [6.07, 6.45) is 2.92. The van der Waals surface area contributed by atoms with Crippen molar-refractivity contribution in [3.63, 3.8) is 0 Å². The van der Waals surface area contributed by atoms with Crippen LogP contribution in [0.2, 0.25) is 0 Å². The fourth-order valence-electron chi connectivity index (χ4n) is 1.97. The number of hydrogen-bond donors (Lipinski definition) is 1. The topological polar surface area (TPSA) is 21.3 Å². The summed E-state index contributed by atoms with van der Waals surface area (Å²) in [5, 5.41) is 3.10. The molecule has 0 bridgehead atoms. The molecule has 0 saturated heterocycles. The monoisotopic (exact) mass is 221 g/mol. The molecule has 3 heteroatoms. The Morgan fingerprint density at radius 2 is 2.25 bits per heavy atom. The van der Waals surface area contributed by atoms with Crippen LogP contribution >= 0.6 is 0 Å². The second kappa shape index (κ2) is 4.66. The molecular weight excluding hydrogens is 205 g/mol. The molecule has 0 spiro atoms. The van der Waals surface area contributed by atoms with Crippen LogP contribution in [0.15, 0.2) is 30.0 Å². The van der Waals surface area contributed by atoms with E-state index in [9.17, 15) is 4.39 Å².